The molecule has 2 aliphatic rings. The maximum atomic E-state index is 12.7. The highest BCUT2D eigenvalue weighted by Crippen LogP contribution is 2.37. The third-order valence-electron chi connectivity index (χ3n) is 3.42. The molecule has 4 atom stereocenters. The maximum Gasteiger partial charge on any atom is 0.407 e. The van der Waals surface area contributed by atoms with Crippen LogP contribution in [-0.4, -0.2) is 46.9 Å². The molecule has 2 rings (SSSR count). The topological polar surface area (TPSA) is 52.6 Å². The van der Waals surface area contributed by atoms with Gasteiger partial charge in [-0.1, -0.05) is 0 Å². The van der Waals surface area contributed by atoms with Gasteiger partial charge in [-0.3, -0.25) is 0 Å². The highest BCUT2D eigenvalue weighted by atomic mass is 19.1. The van der Waals surface area contributed by atoms with Crippen molar-refractivity contribution in [1.82, 2.24) is 10.2 Å². The third kappa shape index (κ3) is 1.93. The van der Waals surface area contributed by atoms with E-state index in [1.807, 2.05) is 0 Å². The Kier molecular flexibility index (Phi) is 2.82. The molecular formula is C10H17FN2O2. The molecule has 2 heterocycles. The zero-order valence-electron chi connectivity index (χ0n) is 8.82. The highest BCUT2D eigenvalue weighted by molar-refractivity contribution is 5.67. The first-order valence-corrected chi connectivity index (χ1v) is 5.48. The number of alkyl halides is 1. The summed E-state index contributed by atoms with van der Waals surface area (Å²) in [5, 5.41) is 12.1. The monoisotopic (exact) mass is 216 g/mol. The van der Waals surface area contributed by atoms with E-state index in [-0.39, 0.29) is 18.1 Å². The molecule has 0 aromatic heterocycles. The van der Waals surface area contributed by atoms with Crippen LogP contribution in [0.2, 0.25) is 0 Å². The van der Waals surface area contributed by atoms with E-state index in [2.05, 4.69) is 5.32 Å². The molecule has 2 N–H and O–H groups in total. The number of halogens is 1. The number of amides is 1. The first-order valence-electron chi connectivity index (χ1n) is 5.48. The summed E-state index contributed by atoms with van der Waals surface area (Å²) in [4.78, 5) is 12.5. The molecule has 86 valence electrons. The van der Waals surface area contributed by atoms with Gasteiger partial charge in [-0.2, -0.15) is 0 Å². The number of carboxylic acid groups (broad SMARTS) is 1. The summed E-state index contributed by atoms with van der Waals surface area (Å²) < 4.78 is 12.7. The fourth-order valence-corrected chi connectivity index (χ4v) is 2.82. The van der Waals surface area contributed by atoms with Gasteiger partial charge in [0.25, 0.3) is 0 Å². The first kappa shape index (κ1) is 10.7. The van der Waals surface area contributed by atoms with Crippen molar-refractivity contribution in [2.75, 3.05) is 6.54 Å². The summed E-state index contributed by atoms with van der Waals surface area (Å²) in [6, 6.07) is 0.365. The van der Waals surface area contributed by atoms with Crippen LogP contribution < -0.4 is 5.32 Å². The molecule has 2 bridgehead atoms. The largest absolute Gasteiger partial charge is 0.465 e. The lowest BCUT2D eigenvalue weighted by Crippen LogP contribution is -2.44. The van der Waals surface area contributed by atoms with Gasteiger partial charge >= 0.3 is 6.09 Å². The summed E-state index contributed by atoms with van der Waals surface area (Å²) in [5.74, 6) is 0. The number of hydrogen-bond donors (Lipinski definition) is 2. The summed E-state index contributed by atoms with van der Waals surface area (Å²) in [5.41, 5.74) is 0. The van der Waals surface area contributed by atoms with Crippen molar-refractivity contribution < 1.29 is 14.3 Å². The minimum absolute atomic E-state index is 0.0613. The van der Waals surface area contributed by atoms with Gasteiger partial charge in [0.1, 0.15) is 6.17 Å². The third-order valence-corrected chi connectivity index (χ3v) is 3.42. The Morgan fingerprint density at radius 2 is 2.40 bits per heavy atom. The zero-order chi connectivity index (χ0) is 11.0. The van der Waals surface area contributed by atoms with E-state index in [0.29, 0.717) is 6.54 Å². The molecule has 0 aliphatic carbocycles. The minimum Gasteiger partial charge on any atom is -0.465 e. The van der Waals surface area contributed by atoms with Gasteiger partial charge < -0.3 is 15.3 Å². The quantitative estimate of drug-likeness (QED) is 0.745. The van der Waals surface area contributed by atoms with E-state index in [1.165, 1.54) is 6.92 Å². The molecule has 2 fully saturated rings. The number of fused-ring (bicyclic) bond motifs is 2. The molecule has 2 saturated heterocycles. The molecule has 0 spiro atoms. The Morgan fingerprint density at radius 3 is 2.93 bits per heavy atom. The molecule has 0 saturated carbocycles. The van der Waals surface area contributed by atoms with E-state index in [4.69, 9.17) is 5.11 Å². The Bertz CT molecular complexity index is 260. The second kappa shape index (κ2) is 3.96. The molecule has 4 nitrogen and oxygen atoms in total. The molecule has 0 aromatic rings. The van der Waals surface area contributed by atoms with Crippen molar-refractivity contribution in [1.29, 1.82) is 0 Å². The van der Waals surface area contributed by atoms with Gasteiger partial charge in [0.15, 0.2) is 0 Å². The first-order chi connectivity index (χ1) is 7.09. The van der Waals surface area contributed by atoms with Crippen molar-refractivity contribution in [2.24, 2.45) is 0 Å². The summed E-state index contributed by atoms with van der Waals surface area (Å²) >= 11 is 0. The predicted molar refractivity (Wildman–Crippen MR) is 53.7 cm³/mol. The van der Waals surface area contributed by atoms with E-state index in [0.717, 1.165) is 19.3 Å². The van der Waals surface area contributed by atoms with Crippen LogP contribution in [0.5, 0.6) is 0 Å². The van der Waals surface area contributed by atoms with Gasteiger partial charge in [-0.25, -0.2) is 9.18 Å². The van der Waals surface area contributed by atoms with Crippen molar-refractivity contribution in [3.05, 3.63) is 0 Å². The number of hydrogen-bond acceptors (Lipinski definition) is 2. The molecule has 5 heteroatoms. The second-order valence-corrected chi connectivity index (χ2v) is 4.52. The van der Waals surface area contributed by atoms with Crippen LogP contribution in [0.3, 0.4) is 0 Å². The van der Waals surface area contributed by atoms with Crippen molar-refractivity contribution in [2.45, 2.75) is 50.5 Å². The molecule has 2 unspecified atom stereocenters. The van der Waals surface area contributed by atoms with Crippen LogP contribution in [0.4, 0.5) is 9.18 Å². The molecular weight excluding hydrogens is 199 g/mol. The van der Waals surface area contributed by atoms with E-state index < -0.39 is 12.3 Å². The average Bonchev–Trinajstić information content (AvgIpc) is 2.70. The smallest absolute Gasteiger partial charge is 0.407 e. The lowest BCUT2D eigenvalue weighted by atomic mass is 9.95. The predicted octanol–water partition coefficient (Wildman–Crippen LogP) is 1.22. The molecule has 2 aliphatic heterocycles. The molecule has 0 radical (unpaired) electrons. The number of nitrogens with one attached hydrogen (secondary N) is 1. The van der Waals surface area contributed by atoms with Crippen molar-refractivity contribution in [3.8, 4) is 0 Å². The SMILES string of the molecule is CC(F)CNC1C[C@H]2CC[C@@H]1N2C(=O)O. The zero-order valence-corrected chi connectivity index (χ0v) is 8.82. The number of rotatable bonds is 3. The van der Waals surface area contributed by atoms with E-state index in [9.17, 15) is 9.18 Å². The van der Waals surface area contributed by atoms with E-state index in [1.54, 1.807) is 4.90 Å². The van der Waals surface area contributed by atoms with Gasteiger partial charge in [-0.15, -0.1) is 0 Å². The molecule has 15 heavy (non-hydrogen) atoms. The lowest BCUT2D eigenvalue weighted by molar-refractivity contribution is 0.136. The van der Waals surface area contributed by atoms with Gasteiger partial charge in [0, 0.05) is 18.6 Å². The standard InChI is InChI=1S/C10H17FN2O2/c1-6(11)5-12-8-4-7-2-3-9(8)13(7)10(14)15/h6-9,12H,2-5H2,1H3,(H,14,15)/t6?,7-,8?,9+/m1/s1. The van der Waals surface area contributed by atoms with Crippen LogP contribution in [-0.2, 0) is 0 Å². The van der Waals surface area contributed by atoms with Crippen LogP contribution in [0.15, 0.2) is 0 Å². The van der Waals surface area contributed by atoms with Crippen LogP contribution in [0, 0.1) is 0 Å². The van der Waals surface area contributed by atoms with E-state index >= 15 is 0 Å². The van der Waals surface area contributed by atoms with Crippen LogP contribution in [0.1, 0.15) is 26.2 Å². The Labute approximate surface area is 88.4 Å². The van der Waals surface area contributed by atoms with Crippen molar-refractivity contribution in [3.63, 3.8) is 0 Å². The molecule has 0 aromatic carbocycles. The fourth-order valence-electron chi connectivity index (χ4n) is 2.82. The normalized spacial score (nSPS) is 35.9. The fraction of sp³-hybridized carbons (Fsp3) is 0.900. The average molecular weight is 216 g/mol. The minimum atomic E-state index is -0.873. The Morgan fingerprint density at radius 1 is 1.67 bits per heavy atom. The second-order valence-electron chi connectivity index (χ2n) is 4.52. The highest BCUT2D eigenvalue weighted by Gasteiger charge is 2.48. The number of nitrogens with zero attached hydrogens (tertiary/aromatic N) is 1. The van der Waals surface area contributed by atoms with Gasteiger partial charge in [0.2, 0.25) is 0 Å². The van der Waals surface area contributed by atoms with Crippen LogP contribution in [0.25, 0.3) is 0 Å². The molecule has 1 amide bonds. The summed E-state index contributed by atoms with van der Waals surface area (Å²) in [6.45, 7) is 1.83. The maximum absolute atomic E-state index is 12.7. The van der Waals surface area contributed by atoms with Gasteiger partial charge in [0.05, 0.1) is 6.04 Å². The van der Waals surface area contributed by atoms with Crippen molar-refractivity contribution >= 4 is 6.09 Å². The number of carbonyl (C=O) groups is 1. The van der Waals surface area contributed by atoms with Crippen LogP contribution >= 0.6 is 0 Å². The Balaban J connectivity index is 1.93. The summed E-state index contributed by atoms with van der Waals surface area (Å²) in [7, 11) is 0. The van der Waals surface area contributed by atoms with Gasteiger partial charge in [-0.05, 0) is 26.2 Å². The Hall–Kier alpha value is -0.840. The summed E-state index contributed by atoms with van der Waals surface area (Å²) in [6.07, 6.45) is 1.00. The lowest BCUT2D eigenvalue weighted by Gasteiger charge is -2.23.